The molecule has 0 saturated carbocycles. The molecular weight excluding hydrogens is 196 g/mol. The molecule has 1 aliphatic heterocycles. The molecule has 0 aliphatic carbocycles. The molecule has 1 aliphatic rings. The zero-order valence-corrected chi connectivity index (χ0v) is 9.45. The Kier molecular flexibility index (Phi) is 4.08. The molecule has 0 aromatic rings. The molecule has 1 heterocycles. The molecule has 2 amide bonds. The van der Waals surface area contributed by atoms with E-state index in [9.17, 15) is 9.59 Å². The second-order valence-corrected chi connectivity index (χ2v) is 3.79. The highest BCUT2D eigenvalue weighted by Crippen LogP contribution is 2.07. The third-order valence-corrected chi connectivity index (χ3v) is 2.57. The largest absolute Gasteiger partial charge is 0.380 e. The summed E-state index contributed by atoms with van der Waals surface area (Å²) in [5.41, 5.74) is 0. The monoisotopic (exact) mass is 214 g/mol. The summed E-state index contributed by atoms with van der Waals surface area (Å²) in [5, 5.41) is 2.67. The van der Waals surface area contributed by atoms with Gasteiger partial charge in [-0.2, -0.15) is 0 Å². The van der Waals surface area contributed by atoms with Gasteiger partial charge in [-0.25, -0.2) is 0 Å². The van der Waals surface area contributed by atoms with Crippen molar-refractivity contribution in [2.45, 2.75) is 32.4 Å². The van der Waals surface area contributed by atoms with Crippen LogP contribution in [-0.4, -0.2) is 49.1 Å². The quantitative estimate of drug-likeness (QED) is 0.702. The third kappa shape index (κ3) is 2.92. The smallest absolute Gasteiger partial charge is 0.245 e. The fourth-order valence-electron chi connectivity index (χ4n) is 1.59. The Labute approximate surface area is 89.8 Å². The van der Waals surface area contributed by atoms with Gasteiger partial charge in [-0.15, -0.1) is 0 Å². The molecule has 0 radical (unpaired) electrons. The first kappa shape index (κ1) is 12.0. The van der Waals surface area contributed by atoms with Crippen LogP contribution in [0.2, 0.25) is 0 Å². The summed E-state index contributed by atoms with van der Waals surface area (Å²) in [7, 11) is 1.59. The van der Waals surface area contributed by atoms with Crippen molar-refractivity contribution in [1.82, 2.24) is 10.2 Å². The summed E-state index contributed by atoms with van der Waals surface area (Å²) in [4.78, 5) is 24.7. The van der Waals surface area contributed by atoms with Crippen LogP contribution in [0.4, 0.5) is 0 Å². The highest BCUT2D eigenvalue weighted by molar-refractivity contribution is 5.94. The molecule has 86 valence electrons. The van der Waals surface area contributed by atoms with Crippen molar-refractivity contribution in [2.24, 2.45) is 0 Å². The lowest BCUT2D eigenvalue weighted by atomic mass is 10.1. The fourth-order valence-corrected chi connectivity index (χ4v) is 1.59. The maximum Gasteiger partial charge on any atom is 0.245 e. The van der Waals surface area contributed by atoms with Crippen LogP contribution < -0.4 is 5.32 Å². The Balaban J connectivity index is 2.62. The van der Waals surface area contributed by atoms with Crippen LogP contribution in [0.3, 0.4) is 0 Å². The van der Waals surface area contributed by atoms with Crippen molar-refractivity contribution >= 4 is 11.8 Å². The van der Waals surface area contributed by atoms with E-state index in [4.69, 9.17) is 4.74 Å². The van der Waals surface area contributed by atoms with Crippen molar-refractivity contribution in [2.75, 3.05) is 20.2 Å². The minimum absolute atomic E-state index is 0.0130. The first-order chi connectivity index (χ1) is 7.08. The standard InChI is InChI=1S/C10H18N2O3/c1-4-8-10(14)12(5-7(2)15-3)6-9(13)11-8/h7-8H,4-6H2,1-3H3,(H,11,13). The Morgan fingerprint density at radius 1 is 1.60 bits per heavy atom. The van der Waals surface area contributed by atoms with Gasteiger partial charge in [-0.3, -0.25) is 9.59 Å². The Morgan fingerprint density at radius 2 is 2.27 bits per heavy atom. The molecule has 2 unspecified atom stereocenters. The van der Waals surface area contributed by atoms with Crippen molar-refractivity contribution in [3.63, 3.8) is 0 Å². The molecule has 15 heavy (non-hydrogen) atoms. The van der Waals surface area contributed by atoms with Crippen molar-refractivity contribution in [1.29, 1.82) is 0 Å². The fraction of sp³-hybridized carbons (Fsp3) is 0.800. The lowest BCUT2D eigenvalue weighted by molar-refractivity contribution is -0.145. The first-order valence-corrected chi connectivity index (χ1v) is 5.19. The first-order valence-electron chi connectivity index (χ1n) is 5.19. The number of carbonyl (C=O) groups is 2. The number of methoxy groups -OCH3 is 1. The van der Waals surface area contributed by atoms with E-state index in [1.165, 1.54) is 0 Å². The number of carbonyl (C=O) groups excluding carboxylic acids is 2. The maximum absolute atomic E-state index is 11.8. The second-order valence-electron chi connectivity index (χ2n) is 3.79. The van der Waals surface area contributed by atoms with Crippen LogP contribution in [0.15, 0.2) is 0 Å². The van der Waals surface area contributed by atoms with E-state index in [0.717, 1.165) is 0 Å². The van der Waals surface area contributed by atoms with Crippen molar-refractivity contribution < 1.29 is 14.3 Å². The maximum atomic E-state index is 11.8. The molecule has 2 atom stereocenters. The van der Waals surface area contributed by atoms with E-state index in [2.05, 4.69) is 5.32 Å². The van der Waals surface area contributed by atoms with Crippen molar-refractivity contribution in [3.8, 4) is 0 Å². The minimum atomic E-state index is -0.365. The molecule has 0 spiro atoms. The molecular formula is C10H18N2O3. The predicted molar refractivity (Wildman–Crippen MR) is 55.3 cm³/mol. The normalized spacial score (nSPS) is 23.9. The highest BCUT2D eigenvalue weighted by atomic mass is 16.5. The molecule has 0 aromatic heterocycles. The number of piperazine rings is 1. The zero-order chi connectivity index (χ0) is 11.4. The van der Waals surface area contributed by atoms with E-state index in [-0.39, 0.29) is 30.5 Å². The third-order valence-electron chi connectivity index (χ3n) is 2.57. The number of ether oxygens (including phenoxy) is 1. The molecule has 0 aromatic carbocycles. The number of nitrogens with zero attached hydrogens (tertiary/aromatic N) is 1. The van der Waals surface area contributed by atoms with E-state index in [1.807, 2.05) is 13.8 Å². The zero-order valence-electron chi connectivity index (χ0n) is 9.45. The van der Waals surface area contributed by atoms with E-state index in [0.29, 0.717) is 13.0 Å². The number of hydrogen-bond acceptors (Lipinski definition) is 3. The Morgan fingerprint density at radius 3 is 2.80 bits per heavy atom. The Hall–Kier alpha value is -1.10. The van der Waals surface area contributed by atoms with E-state index < -0.39 is 0 Å². The molecule has 0 bridgehead atoms. The number of hydrogen-bond donors (Lipinski definition) is 1. The van der Waals surface area contributed by atoms with Crippen LogP contribution in [0.5, 0.6) is 0 Å². The number of rotatable bonds is 4. The van der Waals surface area contributed by atoms with E-state index in [1.54, 1.807) is 12.0 Å². The predicted octanol–water partition coefficient (Wildman–Crippen LogP) is -0.242. The summed E-state index contributed by atoms with van der Waals surface area (Å²) in [6, 6.07) is -0.365. The van der Waals surface area contributed by atoms with Crippen LogP contribution in [0.25, 0.3) is 0 Å². The van der Waals surface area contributed by atoms with Gasteiger partial charge >= 0.3 is 0 Å². The molecule has 1 saturated heterocycles. The number of nitrogens with one attached hydrogen (secondary N) is 1. The van der Waals surface area contributed by atoms with Crippen LogP contribution in [0.1, 0.15) is 20.3 Å². The summed E-state index contributed by atoms with van der Waals surface area (Å²) < 4.78 is 5.08. The second kappa shape index (κ2) is 5.11. The lowest BCUT2D eigenvalue weighted by Gasteiger charge is -2.33. The SMILES string of the molecule is CCC1NC(=O)CN(CC(C)OC)C1=O. The lowest BCUT2D eigenvalue weighted by Crippen LogP contribution is -2.58. The van der Waals surface area contributed by atoms with Gasteiger partial charge in [0.2, 0.25) is 11.8 Å². The molecule has 5 nitrogen and oxygen atoms in total. The van der Waals surface area contributed by atoms with Gasteiger partial charge in [0, 0.05) is 13.7 Å². The summed E-state index contributed by atoms with van der Waals surface area (Å²) in [6.07, 6.45) is 0.583. The van der Waals surface area contributed by atoms with Crippen molar-refractivity contribution in [3.05, 3.63) is 0 Å². The van der Waals surface area contributed by atoms with Gasteiger partial charge in [0.25, 0.3) is 0 Å². The van der Waals surface area contributed by atoms with Gasteiger partial charge in [0.15, 0.2) is 0 Å². The molecule has 1 N–H and O–H groups in total. The van der Waals surface area contributed by atoms with Gasteiger partial charge in [0.05, 0.1) is 12.6 Å². The van der Waals surface area contributed by atoms with Crippen LogP contribution >= 0.6 is 0 Å². The van der Waals surface area contributed by atoms with Crippen LogP contribution in [-0.2, 0) is 14.3 Å². The number of amides is 2. The molecule has 1 fully saturated rings. The summed E-state index contributed by atoms with van der Waals surface area (Å²) in [5.74, 6) is -0.106. The summed E-state index contributed by atoms with van der Waals surface area (Å²) >= 11 is 0. The van der Waals surface area contributed by atoms with Gasteiger partial charge < -0.3 is 15.0 Å². The molecule has 5 heteroatoms. The summed E-state index contributed by atoms with van der Waals surface area (Å²) in [6.45, 7) is 4.37. The van der Waals surface area contributed by atoms with Gasteiger partial charge in [-0.1, -0.05) is 6.92 Å². The van der Waals surface area contributed by atoms with E-state index >= 15 is 0 Å². The molecule has 1 rings (SSSR count). The minimum Gasteiger partial charge on any atom is -0.380 e. The Bertz CT molecular complexity index is 255. The van der Waals surface area contributed by atoms with Gasteiger partial charge in [0.1, 0.15) is 6.04 Å². The van der Waals surface area contributed by atoms with Crippen LogP contribution in [0, 0.1) is 0 Å². The highest BCUT2D eigenvalue weighted by Gasteiger charge is 2.31. The average molecular weight is 214 g/mol. The average Bonchev–Trinajstić information content (AvgIpc) is 2.22. The van der Waals surface area contributed by atoms with Gasteiger partial charge in [-0.05, 0) is 13.3 Å². The topological polar surface area (TPSA) is 58.6 Å².